The zero-order valence-electron chi connectivity index (χ0n) is 12.7. The fourth-order valence-electron chi connectivity index (χ4n) is 2.17. The Hall–Kier alpha value is -0.610. The normalized spacial score (nSPS) is 12.4. The number of rotatable bonds is 12. The van der Waals surface area contributed by atoms with Gasteiger partial charge in [-0.05, 0) is 19.3 Å². The van der Waals surface area contributed by atoms with E-state index in [1.54, 1.807) is 0 Å². The van der Waals surface area contributed by atoms with Gasteiger partial charge in [-0.15, -0.1) is 0 Å². The highest BCUT2D eigenvalue weighted by molar-refractivity contribution is 5.81. The molecular formula is C15H32N2O2. The lowest BCUT2D eigenvalue weighted by Gasteiger charge is -2.25. The first kappa shape index (κ1) is 18.4. The van der Waals surface area contributed by atoms with Gasteiger partial charge >= 0.3 is 0 Å². The maximum Gasteiger partial charge on any atom is 0.239 e. The van der Waals surface area contributed by atoms with E-state index in [0.29, 0.717) is 13.0 Å². The smallest absolute Gasteiger partial charge is 0.239 e. The number of aliphatic hydroxyl groups is 1. The number of hydrogen-bond donors (Lipinski definition) is 2. The van der Waals surface area contributed by atoms with Gasteiger partial charge in [-0.3, -0.25) is 4.79 Å². The van der Waals surface area contributed by atoms with Gasteiger partial charge in [0.2, 0.25) is 5.91 Å². The van der Waals surface area contributed by atoms with E-state index in [1.165, 1.54) is 25.7 Å². The van der Waals surface area contributed by atoms with Gasteiger partial charge in [-0.1, -0.05) is 46.0 Å². The maximum absolute atomic E-state index is 12.2. The molecule has 0 heterocycles. The van der Waals surface area contributed by atoms with Gasteiger partial charge in [0.15, 0.2) is 0 Å². The number of carbonyl (C=O) groups excluding carboxylic acids is 1. The highest BCUT2D eigenvalue weighted by Gasteiger charge is 2.19. The Kier molecular flexibility index (Phi) is 12.0. The summed E-state index contributed by atoms with van der Waals surface area (Å²) in [6, 6.07) is -0.376. The third-order valence-corrected chi connectivity index (χ3v) is 3.35. The quantitative estimate of drug-likeness (QED) is 0.536. The van der Waals surface area contributed by atoms with Gasteiger partial charge in [0.25, 0.3) is 0 Å². The Morgan fingerprint density at radius 3 is 2.26 bits per heavy atom. The van der Waals surface area contributed by atoms with Crippen molar-refractivity contribution >= 4 is 5.91 Å². The second-order valence-electron chi connectivity index (χ2n) is 5.21. The monoisotopic (exact) mass is 272 g/mol. The number of carbonyl (C=O) groups is 1. The molecule has 0 rings (SSSR count). The van der Waals surface area contributed by atoms with E-state index >= 15 is 0 Å². The molecule has 0 spiro atoms. The van der Waals surface area contributed by atoms with Crippen LogP contribution >= 0.6 is 0 Å². The molecule has 0 saturated heterocycles. The van der Waals surface area contributed by atoms with Crippen LogP contribution in [0.2, 0.25) is 0 Å². The minimum Gasteiger partial charge on any atom is -0.396 e. The molecule has 1 amide bonds. The fraction of sp³-hybridized carbons (Fsp3) is 0.933. The lowest BCUT2D eigenvalue weighted by Crippen LogP contribution is -2.44. The topological polar surface area (TPSA) is 66.6 Å². The third-order valence-electron chi connectivity index (χ3n) is 3.35. The van der Waals surface area contributed by atoms with Crippen molar-refractivity contribution in [1.29, 1.82) is 0 Å². The van der Waals surface area contributed by atoms with Gasteiger partial charge in [-0.25, -0.2) is 0 Å². The summed E-state index contributed by atoms with van der Waals surface area (Å²) in [5.74, 6) is 0.0470. The average molecular weight is 272 g/mol. The van der Waals surface area contributed by atoms with E-state index in [1.807, 2.05) is 11.8 Å². The molecule has 114 valence electrons. The molecule has 0 aromatic rings. The van der Waals surface area contributed by atoms with Gasteiger partial charge < -0.3 is 15.7 Å². The van der Waals surface area contributed by atoms with Crippen LogP contribution in [0.5, 0.6) is 0 Å². The number of amides is 1. The first-order chi connectivity index (χ1) is 9.17. The van der Waals surface area contributed by atoms with E-state index in [2.05, 4.69) is 6.92 Å². The summed E-state index contributed by atoms with van der Waals surface area (Å²) in [4.78, 5) is 14.0. The van der Waals surface area contributed by atoms with Crippen molar-refractivity contribution in [1.82, 2.24) is 4.90 Å². The largest absolute Gasteiger partial charge is 0.396 e. The van der Waals surface area contributed by atoms with E-state index < -0.39 is 0 Å². The van der Waals surface area contributed by atoms with Crippen molar-refractivity contribution in [2.24, 2.45) is 5.73 Å². The molecule has 0 aliphatic heterocycles. The molecule has 0 saturated carbocycles. The Labute approximate surface area is 118 Å². The lowest BCUT2D eigenvalue weighted by molar-refractivity contribution is -0.133. The van der Waals surface area contributed by atoms with E-state index in [9.17, 15) is 4.79 Å². The molecule has 0 fully saturated rings. The van der Waals surface area contributed by atoms with Crippen LogP contribution in [0.15, 0.2) is 0 Å². The third kappa shape index (κ3) is 9.00. The Bertz CT molecular complexity index is 222. The summed E-state index contributed by atoms with van der Waals surface area (Å²) in [5.41, 5.74) is 5.90. The molecule has 0 bridgehead atoms. The van der Waals surface area contributed by atoms with Crippen LogP contribution in [0.1, 0.15) is 65.2 Å². The number of aliphatic hydroxyl groups excluding tert-OH is 1. The molecule has 0 unspecified atom stereocenters. The SMILES string of the molecule is CCCCCCCN(CCCO)C(=O)[C@@H](N)CCC. The summed E-state index contributed by atoms with van der Waals surface area (Å²) in [6.45, 7) is 5.76. The first-order valence-electron chi connectivity index (χ1n) is 7.82. The molecule has 0 aliphatic rings. The molecule has 19 heavy (non-hydrogen) atoms. The maximum atomic E-state index is 12.2. The summed E-state index contributed by atoms with van der Waals surface area (Å²) >= 11 is 0. The van der Waals surface area contributed by atoms with Crippen molar-refractivity contribution in [2.75, 3.05) is 19.7 Å². The number of hydrogen-bond acceptors (Lipinski definition) is 3. The lowest BCUT2D eigenvalue weighted by atomic mass is 10.1. The summed E-state index contributed by atoms with van der Waals surface area (Å²) in [5, 5.41) is 8.91. The Balaban J connectivity index is 4.09. The molecule has 4 heteroatoms. The number of unbranched alkanes of at least 4 members (excludes halogenated alkanes) is 4. The second-order valence-corrected chi connectivity index (χ2v) is 5.21. The van der Waals surface area contributed by atoms with Crippen molar-refractivity contribution < 1.29 is 9.90 Å². The highest BCUT2D eigenvalue weighted by Crippen LogP contribution is 2.07. The molecule has 3 N–H and O–H groups in total. The van der Waals surface area contributed by atoms with Gasteiger partial charge in [0, 0.05) is 19.7 Å². The average Bonchev–Trinajstić information content (AvgIpc) is 2.41. The summed E-state index contributed by atoms with van der Waals surface area (Å²) in [6.07, 6.45) is 8.24. The summed E-state index contributed by atoms with van der Waals surface area (Å²) in [7, 11) is 0. The van der Waals surface area contributed by atoms with Crippen molar-refractivity contribution in [3.63, 3.8) is 0 Å². The first-order valence-corrected chi connectivity index (χ1v) is 7.82. The van der Waals surface area contributed by atoms with Crippen LogP contribution in [0.4, 0.5) is 0 Å². The Morgan fingerprint density at radius 2 is 1.68 bits per heavy atom. The van der Waals surface area contributed by atoms with Gasteiger partial charge in [0.1, 0.15) is 0 Å². The van der Waals surface area contributed by atoms with Crippen LogP contribution < -0.4 is 5.73 Å². The van der Waals surface area contributed by atoms with Crippen LogP contribution in [-0.4, -0.2) is 41.7 Å². The van der Waals surface area contributed by atoms with Crippen molar-refractivity contribution in [3.05, 3.63) is 0 Å². The molecule has 4 nitrogen and oxygen atoms in total. The van der Waals surface area contributed by atoms with E-state index in [0.717, 1.165) is 25.8 Å². The minimum atomic E-state index is -0.376. The standard InChI is InChI=1S/C15H32N2O2/c1-3-5-6-7-8-11-17(12-9-13-18)15(19)14(16)10-4-2/h14,18H,3-13,16H2,1-2H3/t14-/m0/s1. The molecule has 0 aliphatic carbocycles. The van der Waals surface area contributed by atoms with Crippen LogP contribution in [0, 0.1) is 0 Å². The summed E-state index contributed by atoms with van der Waals surface area (Å²) < 4.78 is 0. The zero-order valence-corrected chi connectivity index (χ0v) is 12.7. The number of nitrogens with zero attached hydrogens (tertiary/aromatic N) is 1. The van der Waals surface area contributed by atoms with E-state index in [4.69, 9.17) is 10.8 Å². The zero-order chi connectivity index (χ0) is 14.5. The Morgan fingerprint density at radius 1 is 1.05 bits per heavy atom. The van der Waals surface area contributed by atoms with Crippen molar-refractivity contribution in [2.45, 2.75) is 71.3 Å². The predicted octanol–water partition coefficient (Wildman–Crippen LogP) is 2.30. The van der Waals surface area contributed by atoms with E-state index in [-0.39, 0.29) is 18.6 Å². The van der Waals surface area contributed by atoms with Crippen LogP contribution in [0.25, 0.3) is 0 Å². The second kappa shape index (κ2) is 12.4. The molecule has 0 aromatic carbocycles. The predicted molar refractivity (Wildman–Crippen MR) is 79.9 cm³/mol. The molecule has 1 atom stereocenters. The van der Waals surface area contributed by atoms with Crippen LogP contribution in [0.3, 0.4) is 0 Å². The highest BCUT2D eigenvalue weighted by atomic mass is 16.3. The van der Waals surface area contributed by atoms with Crippen LogP contribution in [-0.2, 0) is 4.79 Å². The fourth-order valence-corrected chi connectivity index (χ4v) is 2.17. The number of nitrogens with two attached hydrogens (primary N) is 1. The van der Waals surface area contributed by atoms with Gasteiger partial charge in [0.05, 0.1) is 6.04 Å². The molecule has 0 aromatic heterocycles. The van der Waals surface area contributed by atoms with Gasteiger partial charge in [-0.2, -0.15) is 0 Å². The minimum absolute atomic E-state index is 0.0470. The molecule has 0 radical (unpaired) electrons. The van der Waals surface area contributed by atoms with Crippen molar-refractivity contribution in [3.8, 4) is 0 Å². The molecular weight excluding hydrogens is 240 g/mol.